The van der Waals surface area contributed by atoms with E-state index < -0.39 is 6.04 Å². The van der Waals surface area contributed by atoms with Gasteiger partial charge in [-0.3, -0.25) is 9.59 Å². The maximum absolute atomic E-state index is 13.5. The van der Waals surface area contributed by atoms with E-state index in [2.05, 4.69) is 18.3 Å². The van der Waals surface area contributed by atoms with Crippen LogP contribution in [0, 0.1) is 5.92 Å². The molecule has 2 aliphatic rings. The number of benzene rings is 1. The predicted octanol–water partition coefficient (Wildman–Crippen LogP) is 6.03. The van der Waals surface area contributed by atoms with Gasteiger partial charge in [0.2, 0.25) is 11.8 Å². The Labute approximate surface area is 196 Å². The highest BCUT2D eigenvalue weighted by molar-refractivity contribution is 6.30. The summed E-state index contributed by atoms with van der Waals surface area (Å²) in [6, 6.07) is 6.67. The summed E-state index contributed by atoms with van der Waals surface area (Å²) in [5, 5.41) is 3.83. The number of carbonyl (C=O) groups excluding carboxylic acids is 2. The molecule has 0 saturated heterocycles. The van der Waals surface area contributed by atoms with Crippen molar-refractivity contribution in [1.82, 2.24) is 10.2 Å². The third-order valence-corrected chi connectivity index (χ3v) is 7.08. The van der Waals surface area contributed by atoms with E-state index in [-0.39, 0.29) is 23.7 Å². The molecule has 0 aliphatic heterocycles. The monoisotopic (exact) mass is 464 g/mol. The molecular formula is C25H34Cl2N2O2. The van der Waals surface area contributed by atoms with Crippen LogP contribution < -0.4 is 5.32 Å². The first kappa shape index (κ1) is 24.1. The Hall–Kier alpha value is -1.52. The number of nitrogens with one attached hydrogen (secondary N) is 1. The molecule has 2 aliphatic carbocycles. The van der Waals surface area contributed by atoms with Crippen molar-refractivity contribution in [3.8, 4) is 0 Å². The van der Waals surface area contributed by atoms with Crippen LogP contribution in [-0.2, 0) is 9.59 Å². The normalized spacial score (nSPS) is 22.4. The van der Waals surface area contributed by atoms with Crippen LogP contribution in [0.2, 0.25) is 5.02 Å². The fraction of sp³-hybridized carbons (Fsp3) is 0.600. The minimum absolute atomic E-state index is 0.127. The van der Waals surface area contributed by atoms with Crippen molar-refractivity contribution in [3.63, 3.8) is 0 Å². The second-order valence-electron chi connectivity index (χ2n) is 9.00. The number of hydrogen-bond acceptors (Lipinski definition) is 2. The molecule has 0 unspecified atom stereocenters. The first-order chi connectivity index (χ1) is 15.0. The molecule has 0 radical (unpaired) electrons. The molecule has 170 valence electrons. The van der Waals surface area contributed by atoms with E-state index in [1.807, 2.05) is 12.1 Å². The molecule has 1 saturated carbocycles. The number of amides is 2. The standard InChI is InChI=1S/C25H34Cl2N2O2/c1-18-7-13-22(14-8-18)28-25(31)24(20-9-11-21(27)12-10-20)29(23(30)17-26)16-15-19-5-3-2-4-6-19/h5,9-12,18,22,24H,2-4,6-8,13-17H2,1H3,(H,28,31)/t18?,22?,24-/m0/s1. The number of halogens is 2. The molecule has 0 aromatic heterocycles. The van der Waals surface area contributed by atoms with E-state index in [0.717, 1.165) is 50.5 Å². The number of rotatable bonds is 8. The molecule has 0 spiro atoms. The van der Waals surface area contributed by atoms with Gasteiger partial charge >= 0.3 is 0 Å². The third-order valence-electron chi connectivity index (χ3n) is 6.60. The summed E-state index contributed by atoms with van der Waals surface area (Å²) in [5.41, 5.74) is 2.14. The second kappa shape index (κ2) is 11.9. The van der Waals surface area contributed by atoms with Crippen molar-refractivity contribution in [2.24, 2.45) is 5.92 Å². The lowest BCUT2D eigenvalue weighted by molar-refractivity contribution is -0.139. The average molecular weight is 465 g/mol. The van der Waals surface area contributed by atoms with E-state index in [0.29, 0.717) is 17.5 Å². The molecule has 6 heteroatoms. The predicted molar refractivity (Wildman–Crippen MR) is 127 cm³/mol. The van der Waals surface area contributed by atoms with Gasteiger partial charge in [0.1, 0.15) is 11.9 Å². The quantitative estimate of drug-likeness (QED) is 0.376. The molecule has 0 bridgehead atoms. The fourth-order valence-corrected chi connectivity index (χ4v) is 4.95. The van der Waals surface area contributed by atoms with Crippen LogP contribution in [0.4, 0.5) is 0 Å². The van der Waals surface area contributed by atoms with Gasteiger partial charge < -0.3 is 10.2 Å². The highest BCUT2D eigenvalue weighted by Gasteiger charge is 2.33. The van der Waals surface area contributed by atoms with E-state index in [4.69, 9.17) is 23.2 Å². The zero-order valence-electron chi connectivity index (χ0n) is 18.4. The first-order valence-corrected chi connectivity index (χ1v) is 12.5. The molecule has 1 atom stereocenters. The molecule has 31 heavy (non-hydrogen) atoms. The van der Waals surface area contributed by atoms with Gasteiger partial charge in [0.05, 0.1) is 0 Å². The summed E-state index contributed by atoms with van der Waals surface area (Å²) in [6.45, 7) is 2.75. The molecule has 3 rings (SSSR count). The van der Waals surface area contributed by atoms with Gasteiger partial charge in [0, 0.05) is 17.6 Å². The van der Waals surface area contributed by atoms with Crippen LogP contribution in [0.25, 0.3) is 0 Å². The Morgan fingerprint density at radius 3 is 2.45 bits per heavy atom. The maximum Gasteiger partial charge on any atom is 0.247 e. The molecule has 1 aromatic rings. The van der Waals surface area contributed by atoms with Gasteiger partial charge in [-0.1, -0.05) is 42.3 Å². The summed E-state index contributed by atoms with van der Waals surface area (Å²) in [4.78, 5) is 28.0. The van der Waals surface area contributed by atoms with E-state index >= 15 is 0 Å². The van der Waals surface area contributed by atoms with Crippen LogP contribution in [0.15, 0.2) is 35.9 Å². The maximum atomic E-state index is 13.5. The average Bonchev–Trinajstić information content (AvgIpc) is 2.79. The van der Waals surface area contributed by atoms with Crippen molar-refractivity contribution in [1.29, 1.82) is 0 Å². The topological polar surface area (TPSA) is 49.4 Å². The molecule has 0 heterocycles. The van der Waals surface area contributed by atoms with Gasteiger partial charge in [0.25, 0.3) is 0 Å². The van der Waals surface area contributed by atoms with Crippen LogP contribution in [0.3, 0.4) is 0 Å². The minimum Gasteiger partial charge on any atom is -0.351 e. The van der Waals surface area contributed by atoms with Crippen LogP contribution >= 0.6 is 23.2 Å². The fourth-order valence-electron chi connectivity index (χ4n) is 4.67. The van der Waals surface area contributed by atoms with Crippen LogP contribution in [0.5, 0.6) is 0 Å². The molecule has 2 amide bonds. The zero-order chi connectivity index (χ0) is 22.2. The van der Waals surface area contributed by atoms with Gasteiger partial charge in [-0.2, -0.15) is 0 Å². The third kappa shape index (κ3) is 6.98. The van der Waals surface area contributed by atoms with Crippen molar-refractivity contribution in [3.05, 3.63) is 46.5 Å². The summed E-state index contributed by atoms with van der Waals surface area (Å²) in [5.74, 6) is 0.221. The largest absolute Gasteiger partial charge is 0.351 e. The van der Waals surface area contributed by atoms with Gasteiger partial charge in [-0.05, 0) is 81.4 Å². The SMILES string of the molecule is CC1CCC(NC(=O)[C@H](c2ccc(Cl)cc2)N(CCC2=CCCCC2)C(=O)CCl)CC1. The smallest absolute Gasteiger partial charge is 0.247 e. The van der Waals surface area contributed by atoms with Crippen LogP contribution in [-0.4, -0.2) is 35.2 Å². The van der Waals surface area contributed by atoms with Crippen molar-refractivity contribution in [2.75, 3.05) is 12.4 Å². The molecule has 1 fully saturated rings. The summed E-state index contributed by atoms with van der Waals surface area (Å²) >= 11 is 12.1. The zero-order valence-corrected chi connectivity index (χ0v) is 19.9. The number of hydrogen-bond donors (Lipinski definition) is 1. The number of carbonyl (C=O) groups is 2. The Morgan fingerprint density at radius 1 is 1.13 bits per heavy atom. The Morgan fingerprint density at radius 2 is 1.84 bits per heavy atom. The second-order valence-corrected chi connectivity index (χ2v) is 9.70. The van der Waals surface area contributed by atoms with Gasteiger partial charge in [0.15, 0.2) is 0 Å². The first-order valence-electron chi connectivity index (χ1n) is 11.6. The molecular weight excluding hydrogens is 431 g/mol. The Kier molecular flexibility index (Phi) is 9.28. The molecule has 4 nitrogen and oxygen atoms in total. The Balaban J connectivity index is 1.81. The molecule has 1 aromatic carbocycles. The van der Waals surface area contributed by atoms with Gasteiger partial charge in [-0.15, -0.1) is 11.6 Å². The van der Waals surface area contributed by atoms with Crippen molar-refractivity contribution < 1.29 is 9.59 Å². The number of nitrogens with zero attached hydrogens (tertiary/aromatic N) is 1. The minimum atomic E-state index is -0.702. The highest BCUT2D eigenvalue weighted by Crippen LogP contribution is 2.28. The lowest BCUT2D eigenvalue weighted by atomic mass is 9.87. The van der Waals surface area contributed by atoms with E-state index in [1.54, 1.807) is 17.0 Å². The lowest BCUT2D eigenvalue weighted by Gasteiger charge is -2.34. The van der Waals surface area contributed by atoms with E-state index in [9.17, 15) is 9.59 Å². The van der Waals surface area contributed by atoms with Crippen LogP contribution in [0.1, 0.15) is 76.3 Å². The highest BCUT2D eigenvalue weighted by atomic mass is 35.5. The number of alkyl halides is 1. The summed E-state index contributed by atoms with van der Waals surface area (Å²) < 4.78 is 0. The summed E-state index contributed by atoms with van der Waals surface area (Å²) in [6.07, 6.45) is 11.9. The Bertz CT molecular complexity index is 770. The van der Waals surface area contributed by atoms with Crippen molar-refractivity contribution in [2.45, 2.75) is 76.8 Å². The summed E-state index contributed by atoms with van der Waals surface area (Å²) in [7, 11) is 0. The van der Waals surface area contributed by atoms with E-state index in [1.165, 1.54) is 18.4 Å². The number of allylic oxidation sites excluding steroid dienone is 1. The lowest BCUT2D eigenvalue weighted by Crippen LogP contribution is -2.48. The van der Waals surface area contributed by atoms with Gasteiger partial charge in [-0.25, -0.2) is 0 Å². The van der Waals surface area contributed by atoms with Crippen molar-refractivity contribution >= 4 is 35.0 Å². The molecule has 1 N–H and O–H groups in total.